The van der Waals surface area contributed by atoms with Gasteiger partial charge in [0.15, 0.2) is 0 Å². The molecule has 2 aromatic rings. The molecule has 0 aliphatic heterocycles. The second-order valence-corrected chi connectivity index (χ2v) is 3.76. The third-order valence-electron chi connectivity index (χ3n) is 2.52. The second kappa shape index (κ2) is 4.78. The van der Waals surface area contributed by atoms with Gasteiger partial charge < -0.3 is 4.74 Å². The minimum atomic E-state index is -0.339. The highest BCUT2D eigenvalue weighted by Crippen LogP contribution is 2.23. The molecule has 3 heteroatoms. The monoisotopic (exact) mass is 227 g/mol. The molecule has 0 fully saturated rings. The Balaban J connectivity index is 2.58. The van der Waals surface area contributed by atoms with E-state index in [2.05, 4.69) is 4.98 Å². The summed E-state index contributed by atoms with van der Waals surface area (Å²) in [6, 6.07) is 11.3. The molecule has 0 atom stereocenters. The summed E-state index contributed by atoms with van der Waals surface area (Å²) < 4.78 is 4.79. The first kappa shape index (κ1) is 11.3. The molecule has 0 bridgehead atoms. The summed E-state index contributed by atoms with van der Waals surface area (Å²) in [6.07, 6.45) is 1.70. The summed E-state index contributed by atoms with van der Waals surface area (Å²) in [4.78, 5) is 16.0. The lowest BCUT2D eigenvalue weighted by Crippen LogP contribution is -2.04. The fourth-order valence-corrected chi connectivity index (χ4v) is 1.68. The van der Waals surface area contributed by atoms with Crippen LogP contribution in [0.4, 0.5) is 0 Å². The molecule has 17 heavy (non-hydrogen) atoms. The molecule has 0 saturated heterocycles. The standard InChI is InChI=1S/C14H13NO2/c1-10-6-7-11(12(9-10)14(16)17-2)13-5-3-4-8-15-13/h3-9H,1-2H3. The molecule has 0 aliphatic rings. The third-order valence-corrected chi connectivity index (χ3v) is 2.52. The first-order chi connectivity index (χ1) is 8.22. The molecule has 2 rings (SSSR count). The molecular formula is C14H13NO2. The molecule has 1 aromatic heterocycles. The summed E-state index contributed by atoms with van der Waals surface area (Å²) in [5.41, 5.74) is 3.13. The number of hydrogen-bond donors (Lipinski definition) is 0. The summed E-state index contributed by atoms with van der Waals surface area (Å²) in [5, 5.41) is 0. The van der Waals surface area contributed by atoms with E-state index in [4.69, 9.17) is 4.74 Å². The van der Waals surface area contributed by atoms with Crippen LogP contribution < -0.4 is 0 Å². The average Bonchev–Trinajstić information content (AvgIpc) is 2.38. The molecule has 0 saturated carbocycles. The first-order valence-corrected chi connectivity index (χ1v) is 5.33. The van der Waals surface area contributed by atoms with E-state index in [0.29, 0.717) is 5.56 Å². The number of aromatic nitrogens is 1. The van der Waals surface area contributed by atoms with Crippen LogP contribution in [0.2, 0.25) is 0 Å². The van der Waals surface area contributed by atoms with Crippen molar-refractivity contribution in [2.45, 2.75) is 6.92 Å². The normalized spacial score (nSPS) is 10.0. The van der Waals surface area contributed by atoms with E-state index < -0.39 is 0 Å². The van der Waals surface area contributed by atoms with Crippen LogP contribution in [0.15, 0.2) is 42.6 Å². The largest absolute Gasteiger partial charge is 0.465 e. The van der Waals surface area contributed by atoms with Gasteiger partial charge in [0.1, 0.15) is 0 Å². The Bertz CT molecular complexity index is 535. The number of methoxy groups -OCH3 is 1. The van der Waals surface area contributed by atoms with Gasteiger partial charge >= 0.3 is 5.97 Å². The van der Waals surface area contributed by atoms with Crippen molar-refractivity contribution in [2.24, 2.45) is 0 Å². The number of ether oxygens (including phenoxy) is 1. The lowest BCUT2D eigenvalue weighted by atomic mass is 10.0. The predicted molar refractivity (Wildman–Crippen MR) is 65.7 cm³/mol. The van der Waals surface area contributed by atoms with Gasteiger partial charge in [-0.3, -0.25) is 4.98 Å². The summed E-state index contributed by atoms with van der Waals surface area (Å²) in [6.45, 7) is 1.94. The first-order valence-electron chi connectivity index (χ1n) is 5.33. The fourth-order valence-electron chi connectivity index (χ4n) is 1.68. The van der Waals surface area contributed by atoms with Crippen molar-refractivity contribution in [1.29, 1.82) is 0 Å². The zero-order valence-electron chi connectivity index (χ0n) is 9.81. The minimum Gasteiger partial charge on any atom is -0.465 e. The second-order valence-electron chi connectivity index (χ2n) is 3.76. The van der Waals surface area contributed by atoms with Gasteiger partial charge in [-0.05, 0) is 25.1 Å². The number of aryl methyl sites for hydroxylation is 1. The Kier molecular flexibility index (Phi) is 3.19. The van der Waals surface area contributed by atoms with Crippen LogP contribution in [-0.4, -0.2) is 18.1 Å². The van der Waals surface area contributed by atoms with Gasteiger partial charge in [-0.15, -0.1) is 0 Å². The van der Waals surface area contributed by atoms with Crippen LogP contribution in [0.5, 0.6) is 0 Å². The highest BCUT2D eigenvalue weighted by Gasteiger charge is 2.13. The SMILES string of the molecule is COC(=O)c1cc(C)ccc1-c1ccccn1. The van der Waals surface area contributed by atoms with Crippen LogP contribution in [0.25, 0.3) is 11.3 Å². The molecule has 0 aliphatic carbocycles. The zero-order valence-corrected chi connectivity index (χ0v) is 9.81. The van der Waals surface area contributed by atoms with Crippen molar-refractivity contribution in [2.75, 3.05) is 7.11 Å². The molecule has 3 nitrogen and oxygen atoms in total. The Hall–Kier alpha value is -2.16. The molecule has 0 unspecified atom stereocenters. The van der Waals surface area contributed by atoms with Crippen LogP contribution in [-0.2, 0) is 4.74 Å². The zero-order chi connectivity index (χ0) is 12.3. The maximum absolute atomic E-state index is 11.7. The van der Waals surface area contributed by atoms with Gasteiger partial charge in [-0.2, -0.15) is 0 Å². The number of rotatable bonds is 2. The summed E-state index contributed by atoms with van der Waals surface area (Å²) >= 11 is 0. The number of nitrogens with zero attached hydrogens (tertiary/aromatic N) is 1. The molecule has 1 heterocycles. The van der Waals surface area contributed by atoms with Crippen LogP contribution in [0.3, 0.4) is 0 Å². The Morgan fingerprint density at radius 3 is 2.71 bits per heavy atom. The Labute approximate surface area is 100 Å². The van der Waals surface area contributed by atoms with E-state index >= 15 is 0 Å². The minimum absolute atomic E-state index is 0.339. The molecular weight excluding hydrogens is 214 g/mol. The lowest BCUT2D eigenvalue weighted by Gasteiger charge is -2.08. The topological polar surface area (TPSA) is 39.2 Å². The summed E-state index contributed by atoms with van der Waals surface area (Å²) in [7, 11) is 1.38. The van der Waals surface area contributed by atoms with Crippen LogP contribution >= 0.6 is 0 Å². The van der Waals surface area contributed by atoms with Crippen molar-refractivity contribution >= 4 is 5.97 Å². The van der Waals surface area contributed by atoms with Crippen LogP contribution in [0.1, 0.15) is 15.9 Å². The van der Waals surface area contributed by atoms with Crippen LogP contribution in [0, 0.1) is 6.92 Å². The van der Waals surface area contributed by atoms with E-state index in [1.807, 2.05) is 43.3 Å². The fraction of sp³-hybridized carbons (Fsp3) is 0.143. The van der Waals surface area contributed by atoms with E-state index in [9.17, 15) is 4.79 Å². The highest BCUT2D eigenvalue weighted by atomic mass is 16.5. The van der Waals surface area contributed by atoms with Gasteiger partial charge in [-0.25, -0.2) is 4.79 Å². The number of carbonyl (C=O) groups is 1. The number of carbonyl (C=O) groups excluding carboxylic acids is 1. The van der Waals surface area contributed by atoms with Gasteiger partial charge in [0, 0.05) is 11.8 Å². The van der Waals surface area contributed by atoms with E-state index in [1.165, 1.54) is 7.11 Å². The van der Waals surface area contributed by atoms with Gasteiger partial charge in [0.05, 0.1) is 18.4 Å². The van der Waals surface area contributed by atoms with E-state index in [-0.39, 0.29) is 5.97 Å². The van der Waals surface area contributed by atoms with Gasteiger partial charge in [-0.1, -0.05) is 23.8 Å². The molecule has 0 N–H and O–H groups in total. The van der Waals surface area contributed by atoms with Crippen molar-refractivity contribution in [3.05, 3.63) is 53.7 Å². The van der Waals surface area contributed by atoms with E-state index in [1.54, 1.807) is 6.20 Å². The summed E-state index contributed by atoms with van der Waals surface area (Å²) in [5.74, 6) is -0.339. The maximum atomic E-state index is 11.7. The van der Waals surface area contributed by atoms with Gasteiger partial charge in [0.25, 0.3) is 0 Å². The average molecular weight is 227 g/mol. The highest BCUT2D eigenvalue weighted by molar-refractivity contribution is 5.96. The third kappa shape index (κ3) is 2.33. The molecule has 0 amide bonds. The smallest absolute Gasteiger partial charge is 0.338 e. The van der Waals surface area contributed by atoms with Crippen molar-refractivity contribution in [3.8, 4) is 11.3 Å². The van der Waals surface area contributed by atoms with Crippen molar-refractivity contribution in [3.63, 3.8) is 0 Å². The number of hydrogen-bond acceptors (Lipinski definition) is 3. The molecule has 0 radical (unpaired) electrons. The van der Waals surface area contributed by atoms with Crippen molar-refractivity contribution < 1.29 is 9.53 Å². The van der Waals surface area contributed by atoms with Gasteiger partial charge in [0.2, 0.25) is 0 Å². The van der Waals surface area contributed by atoms with E-state index in [0.717, 1.165) is 16.8 Å². The quantitative estimate of drug-likeness (QED) is 0.740. The predicted octanol–water partition coefficient (Wildman–Crippen LogP) is 2.84. The van der Waals surface area contributed by atoms with Crippen molar-refractivity contribution in [1.82, 2.24) is 4.98 Å². The maximum Gasteiger partial charge on any atom is 0.338 e. The Morgan fingerprint density at radius 1 is 1.24 bits per heavy atom. The molecule has 0 spiro atoms. The lowest BCUT2D eigenvalue weighted by molar-refractivity contribution is 0.0601. The molecule has 1 aromatic carbocycles. The molecule has 86 valence electrons. The number of benzene rings is 1. The number of esters is 1. The Morgan fingerprint density at radius 2 is 2.06 bits per heavy atom. The number of pyridine rings is 1.